The summed E-state index contributed by atoms with van der Waals surface area (Å²) in [6.45, 7) is 8.96. The maximum Gasteiger partial charge on any atom is 0.141 e. The van der Waals surface area contributed by atoms with Crippen LogP contribution in [0.4, 0.5) is 0 Å². The number of hydrogen-bond donors (Lipinski definition) is 1. The molecule has 37 heavy (non-hydrogen) atoms. The lowest BCUT2D eigenvalue weighted by Gasteiger charge is -2.33. The van der Waals surface area contributed by atoms with Crippen molar-refractivity contribution in [3.05, 3.63) is 65.3 Å². The molecule has 0 amide bonds. The number of rotatable bonds is 5. The van der Waals surface area contributed by atoms with Crippen molar-refractivity contribution < 1.29 is 14.4 Å². The van der Waals surface area contributed by atoms with Crippen molar-refractivity contribution in [1.29, 1.82) is 0 Å². The highest BCUT2D eigenvalue weighted by atomic mass is 16.5. The molecule has 192 valence electrons. The Kier molecular flexibility index (Phi) is 5.69. The van der Waals surface area contributed by atoms with Crippen molar-refractivity contribution >= 4 is 22.1 Å². The number of aliphatic hydroxyl groups is 1. The van der Waals surface area contributed by atoms with E-state index in [1.54, 1.807) is 13.8 Å². The molecule has 5 heterocycles. The summed E-state index contributed by atoms with van der Waals surface area (Å²) in [5.41, 5.74) is 7.22. The lowest BCUT2D eigenvalue weighted by molar-refractivity contribution is 0.0547. The zero-order chi connectivity index (χ0) is 25.9. The molecule has 1 fully saturated rings. The number of aromatic nitrogens is 5. The van der Waals surface area contributed by atoms with E-state index in [4.69, 9.17) is 19.3 Å². The van der Waals surface area contributed by atoms with E-state index in [0.29, 0.717) is 11.6 Å². The Labute approximate surface area is 215 Å². The Hall–Kier alpha value is -3.49. The van der Waals surface area contributed by atoms with Gasteiger partial charge in [-0.2, -0.15) is 5.10 Å². The monoisotopic (exact) mass is 499 g/mol. The van der Waals surface area contributed by atoms with E-state index in [2.05, 4.69) is 46.1 Å². The van der Waals surface area contributed by atoms with Gasteiger partial charge in [-0.3, -0.25) is 9.67 Å². The molecule has 4 aromatic heterocycles. The van der Waals surface area contributed by atoms with Gasteiger partial charge in [-0.15, -0.1) is 0 Å². The number of pyridine rings is 1. The molecule has 1 N–H and O–H groups in total. The predicted molar refractivity (Wildman–Crippen MR) is 142 cm³/mol. The van der Waals surface area contributed by atoms with E-state index < -0.39 is 5.60 Å². The van der Waals surface area contributed by atoms with Crippen LogP contribution in [-0.2, 0) is 17.4 Å². The molecule has 0 spiro atoms. The number of hydrogen-bond acceptors (Lipinski definition) is 6. The van der Waals surface area contributed by atoms with Crippen LogP contribution in [0.1, 0.15) is 55.4 Å². The van der Waals surface area contributed by atoms with Gasteiger partial charge in [0.1, 0.15) is 28.1 Å². The van der Waals surface area contributed by atoms with Gasteiger partial charge in [0, 0.05) is 37.6 Å². The van der Waals surface area contributed by atoms with Gasteiger partial charge < -0.3 is 18.9 Å². The van der Waals surface area contributed by atoms with Crippen LogP contribution >= 0.6 is 0 Å². The third-order valence-electron chi connectivity index (χ3n) is 7.65. The van der Waals surface area contributed by atoms with E-state index >= 15 is 0 Å². The summed E-state index contributed by atoms with van der Waals surface area (Å²) < 4.78 is 15.5. The number of ether oxygens (including phenoxy) is 1. The summed E-state index contributed by atoms with van der Waals surface area (Å²) in [4.78, 5) is 4.99. The molecule has 1 aliphatic rings. The van der Waals surface area contributed by atoms with Gasteiger partial charge in [-0.1, -0.05) is 35.5 Å². The first-order valence-electron chi connectivity index (χ1n) is 12.9. The van der Waals surface area contributed by atoms with Crippen molar-refractivity contribution in [2.75, 3.05) is 13.2 Å². The first kappa shape index (κ1) is 23.9. The van der Waals surface area contributed by atoms with E-state index in [1.807, 2.05) is 31.8 Å². The van der Waals surface area contributed by atoms with Crippen LogP contribution in [0.15, 0.2) is 47.1 Å². The molecule has 0 aliphatic carbocycles. The fourth-order valence-corrected chi connectivity index (χ4v) is 5.99. The standard InChI is InChI=1S/C29H33N5O3/c1-17-23(18(2)37-32-17)21-15-22-24(30-16-21)26-27(28(29(3,4)35)31-33(26)5)34(22)25(19-9-7-6-8-10-19)20-11-13-36-14-12-20/h6-10,15-16,20,25,35H,11-14H2,1-5H3. The van der Waals surface area contributed by atoms with Crippen LogP contribution in [0.3, 0.4) is 0 Å². The molecule has 1 atom stereocenters. The minimum Gasteiger partial charge on any atom is -0.384 e. The molecule has 0 saturated carbocycles. The van der Waals surface area contributed by atoms with Gasteiger partial charge in [0.25, 0.3) is 0 Å². The smallest absolute Gasteiger partial charge is 0.141 e. The van der Waals surface area contributed by atoms with Crippen molar-refractivity contribution in [2.24, 2.45) is 13.0 Å². The van der Waals surface area contributed by atoms with Crippen molar-refractivity contribution in [2.45, 2.75) is 52.2 Å². The van der Waals surface area contributed by atoms with Crippen LogP contribution in [0.5, 0.6) is 0 Å². The molecule has 5 aromatic rings. The second kappa shape index (κ2) is 8.82. The van der Waals surface area contributed by atoms with E-state index in [1.165, 1.54) is 5.56 Å². The van der Waals surface area contributed by atoms with Crippen LogP contribution in [-0.4, -0.2) is 42.8 Å². The van der Waals surface area contributed by atoms with Gasteiger partial charge in [0.2, 0.25) is 0 Å². The maximum absolute atomic E-state index is 11.2. The second-order valence-electron chi connectivity index (χ2n) is 10.7. The average molecular weight is 500 g/mol. The summed E-state index contributed by atoms with van der Waals surface area (Å²) in [5, 5.41) is 20.2. The normalized spacial score (nSPS) is 16.2. The first-order valence-corrected chi connectivity index (χ1v) is 12.9. The topological polar surface area (TPSA) is 91.1 Å². The van der Waals surface area contributed by atoms with E-state index in [-0.39, 0.29) is 6.04 Å². The van der Waals surface area contributed by atoms with Crippen LogP contribution < -0.4 is 0 Å². The zero-order valence-corrected chi connectivity index (χ0v) is 22.0. The summed E-state index contributed by atoms with van der Waals surface area (Å²) in [6.07, 6.45) is 3.80. The zero-order valence-electron chi connectivity index (χ0n) is 22.0. The third kappa shape index (κ3) is 3.86. The van der Waals surface area contributed by atoms with E-state index in [0.717, 1.165) is 70.7 Å². The van der Waals surface area contributed by atoms with Crippen molar-refractivity contribution in [1.82, 2.24) is 24.5 Å². The maximum atomic E-state index is 11.2. The van der Waals surface area contributed by atoms with Gasteiger partial charge in [0.15, 0.2) is 0 Å². The second-order valence-corrected chi connectivity index (χ2v) is 10.7. The molecule has 1 aromatic carbocycles. The Morgan fingerprint density at radius 2 is 1.81 bits per heavy atom. The highest BCUT2D eigenvalue weighted by Crippen LogP contribution is 2.43. The van der Waals surface area contributed by atoms with Gasteiger partial charge >= 0.3 is 0 Å². The summed E-state index contributed by atoms with van der Waals surface area (Å²) in [7, 11) is 1.93. The SMILES string of the molecule is Cc1noc(C)c1-c1cnc2c3c(c(C(C)(C)O)nn3C)n(C(c3ccccc3)C3CCOCC3)c2c1. The number of nitrogens with zero attached hydrogens (tertiary/aromatic N) is 5. The molecule has 0 bridgehead atoms. The minimum absolute atomic E-state index is 0.0251. The molecule has 8 heteroatoms. The Morgan fingerprint density at radius 3 is 2.46 bits per heavy atom. The molecule has 6 rings (SSSR count). The first-order chi connectivity index (χ1) is 17.8. The Balaban J connectivity index is 1.73. The number of benzene rings is 1. The summed E-state index contributed by atoms with van der Waals surface area (Å²) in [6, 6.07) is 12.9. The van der Waals surface area contributed by atoms with Crippen molar-refractivity contribution in [3.8, 4) is 11.1 Å². The molecule has 8 nitrogen and oxygen atoms in total. The number of aryl methyl sites for hydroxylation is 3. The third-order valence-corrected chi connectivity index (χ3v) is 7.65. The van der Waals surface area contributed by atoms with Crippen LogP contribution in [0.25, 0.3) is 33.2 Å². The molecule has 1 aliphatic heterocycles. The largest absolute Gasteiger partial charge is 0.384 e. The fourth-order valence-electron chi connectivity index (χ4n) is 5.99. The van der Waals surface area contributed by atoms with Gasteiger partial charge in [-0.25, -0.2) is 0 Å². The Bertz CT molecular complexity index is 1560. The highest BCUT2D eigenvalue weighted by Gasteiger charge is 2.35. The average Bonchev–Trinajstić information content (AvgIpc) is 3.52. The molecular weight excluding hydrogens is 466 g/mol. The fraction of sp³-hybridized carbons (Fsp3) is 0.414. The van der Waals surface area contributed by atoms with Gasteiger partial charge in [-0.05, 0) is 58.1 Å². The predicted octanol–water partition coefficient (Wildman–Crippen LogP) is 5.44. The van der Waals surface area contributed by atoms with Gasteiger partial charge in [0.05, 0.1) is 22.8 Å². The quantitative estimate of drug-likeness (QED) is 0.346. The molecule has 1 saturated heterocycles. The molecule has 1 unspecified atom stereocenters. The van der Waals surface area contributed by atoms with E-state index in [9.17, 15) is 5.11 Å². The lowest BCUT2D eigenvalue weighted by Crippen LogP contribution is -2.28. The molecular formula is C29H33N5O3. The Morgan fingerprint density at radius 1 is 1.08 bits per heavy atom. The lowest BCUT2D eigenvalue weighted by atomic mass is 9.86. The molecule has 0 radical (unpaired) electrons. The minimum atomic E-state index is -1.13. The summed E-state index contributed by atoms with van der Waals surface area (Å²) in [5.74, 6) is 1.12. The van der Waals surface area contributed by atoms with Crippen molar-refractivity contribution in [3.63, 3.8) is 0 Å². The highest BCUT2D eigenvalue weighted by molar-refractivity contribution is 6.06. The van der Waals surface area contributed by atoms with Crippen LogP contribution in [0, 0.1) is 19.8 Å². The number of fused-ring (bicyclic) bond motifs is 3. The van der Waals surface area contributed by atoms with Crippen LogP contribution in [0.2, 0.25) is 0 Å². The summed E-state index contributed by atoms with van der Waals surface area (Å²) >= 11 is 0.